The predicted octanol–water partition coefficient (Wildman–Crippen LogP) is 6.39. The van der Waals surface area contributed by atoms with Crippen LogP contribution in [0.5, 0.6) is 0 Å². The Morgan fingerprint density at radius 1 is 1.00 bits per heavy atom. The van der Waals surface area contributed by atoms with Gasteiger partial charge in [0.2, 0.25) is 0 Å². The number of carbonyl (C=O) groups excluding carboxylic acids is 1. The van der Waals surface area contributed by atoms with E-state index >= 15 is 0 Å². The lowest BCUT2D eigenvalue weighted by Crippen LogP contribution is -2.34. The molecule has 3 atom stereocenters. The Bertz CT molecular complexity index is 559. The van der Waals surface area contributed by atoms with Gasteiger partial charge in [0.15, 0.2) is 0 Å². The minimum Gasteiger partial charge on any atom is -0.378 e. The van der Waals surface area contributed by atoms with E-state index in [1.54, 1.807) is 0 Å². The van der Waals surface area contributed by atoms with Gasteiger partial charge in [-0.1, -0.05) is 56.9 Å². The van der Waals surface area contributed by atoms with Crippen molar-refractivity contribution in [2.75, 3.05) is 6.61 Å². The molecule has 2 aliphatic carbocycles. The van der Waals surface area contributed by atoms with Crippen molar-refractivity contribution >= 4 is 6.29 Å². The molecule has 0 aromatic heterocycles. The van der Waals surface area contributed by atoms with Crippen LogP contribution in [0.2, 0.25) is 0 Å². The Morgan fingerprint density at radius 3 is 2.42 bits per heavy atom. The molecular weight excluding hydrogens is 320 g/mol. The van der Waals surface area contributed by atoms with Crippen molar-refractivity contribution < 1.29 is 9.53 Å². The van der Waals surface area contributed by atoms with Crippen LogP contribution in [0, 0.1) is 17.8 Å². The van der Waals surface area contributed by atoms with E-state index in [9.17, 15) is 4.79 Å². The Balaban J connectivity index is 1.71. The van der Waals surface area contributed by atoms with Crippen LogP contribution in [0.3, 0.4) is 0 Å². The second-order valence-corrected chi connectivity index (χ2v) is 8.49. The fourth-order valence-electron chi connectivity index (χ4n) is 5.66. The van der Waals surface area contributed by atoms with E-state index in [0.29, 0.717) is 5.92 Å². The quantitative estimate of drug-likeness (QED) is 0.529. The first-order valence-electron chi connectivity index (χ1n) is 10.9. The molecule has 0 heterocycles. The molecule has 2 heteroatoms. The lowest BCUT2D eigenvalue weighted by molar-refractivity contribution is -0.00327. The molecule has 0 bridgehead atoms. The van der Waals surface area contributed by atoms with Crippen LogP contribution in [0.15, 0.2) is 24.3 Å². The number of ether oxygens (including phenoxy) is 1. The van der Waals surface area contributed by atoms with Gasteiger partial charge in [-0.05, 0) is 62.3 Å². The van der Waals surface area contributed by atoms with E-state index in [1.165, 1.54) is 56.9 Å². The smallest absolute Gasteiger partial charge is 0.150 e. The van der Waals surface area contributed by atoms with Gasteiger partial charge in [-0.3, -0.25) is 4.79 Å². The van der Waals surface area contributed by atoms with Gasteiger partial charge in [0.25, 0.3) is 0 Å². The van der Waals surface area contributed by atoms with Gasteiger partial charge in [-0.2, -0.15) is 0 Å². The monoisotopic (exact) mass is 356 g/mol. The summed E-state index contributed by atoms with van der Waals surface area (Å²) in [5.41, 5.74) is 2.07. The van der Waals surface area contributed by atoms with Crippen molar-refractivity contribution in [2.45, 2.75) is 83.7 Å². The Kier molecular flexibility index (Phi) is 7.31. The van der Waals surface area contributed by atoms with E-state index in [1.807, 2.05) is 12.1 Å². The van der Waals surface area contributed by atoms with E-state index < -0.39 is 0 Å². The molecular formula is C24H36O2. The van der Waals surface area contributed by atoms with Crippen molar-refractivity contribution in [1.82, 2.24) is 0 Å². The molecule has 2 saturated carbocycles. The van der Waals surface area contributed by atoms with Crippen molar-refractivity contribution in [2.24, 2.45) is 17.8 Å². The lowest BCUT2D eigenvalue weighted by atomic mass is 9.66. The average molecular weight is 357 g/mol. The van der Waals surface area contributed by atoms with Gasteiger partial charge in [0.1, 0.15) is 6.29 Å². The number of benzene rings is 1. The van der Waals surface area contributed by atoms with Gasteiger partial charge in [-0.15, -0.1) is 0 Å². The summed E-state index contributed by atoms with van der Waals surface area (Å²) in [4.78, 5) is 11.6. The second-order valence-electron chi connectivity index (χ2n) is 8.49. The summed E-state index contributed by atoms with van der Waals surface area (Å²) in [6.07, 6.45) is 13.4. The Morgan fingerprint density at radius 2 is 1.73 bits per heavy atom. The van der Waals surface area contributed by atoms with Crippen LogP contribution in [-0.2, 0) is 4.74 Å². The maximum Gasteiger partial charge on any atom is 0.150 e. The molecule has 2 nitrogen and oxygen atoms in total. The highest BCUT2D eigenvalue weighted by Gasteiger charge is 2.37. The summed E-state index contributed by atoms with van der Waals surface area (Å²) in [5, 5.41) is 0. The third-order valence-corrected chi connectivity index (χ3v) is 6.99. The van der Waals surface area contributed by atoms with Crippen LogP contribution >= 0.6 is 0 Å². The lowest BCUT2D eigenvalue weighted by Gasteiger charge is -2.42. The van der Waals surface area contributed by atoms with E-state index in [-0.39, 0.29) is 6.10 Å². The SMILES string of the molecule is CCCC1CCC(C2CCC(OCC)C(c3ccccc3C=O)C2)CC1. The molecule has 2 fully saturated rings. The maximum absolute atomic E-state index is 11.6. The summed E-state index contributed by atoms with van der Waals surface area (Å²) in [6, 6.07) is 8.16. The summed E-state index contributed by atoms with van der Waals surface area (Å²) in [7, 11) is 0. The minimum absolute atomic E-state index is 0.272. The van der Waals surface area contributed by atoms with Gasteiger partial charge in [-0.25, -0.2) is 0 Å². The van der Waals surface area contributed by atoms with E-state index in [4.69, 9.17) is 4.74 Å². The number of rotatable bonds is 7. The molecule has 0 spiro atoms. The predicted molar refractivity (Wildman–Crippen MR) is 108 cm³/mol. The van der Waals surface area contributed by atoms with Crippen LogP contribution in [-0.4, -0.2) is 19.0 Å². The fourth-order valence-corrected chi connectivity index (χ4v) is 5.66. The van der Waals surface area contributed by atoms with Crippen LogP contribution < -0.4 is 0 Å². The first kappa shape index (κ1) is 19.6. The largest absolute Gasteiger partial charge is 0.378 e. The maximum atomic E-state index is 11.6. The summed E-state index contributed by atoms with van der Waals surface area (Å²) in [6.45, 7) is 5.16. The normalized spacial score (nSPS) is 32.3. The molecule has 26 heavy (non-hydrogen) atoms. The summed E-state index contributed by atoms with van der Waals surface area (Å²) in [5.74, 6) is 3.04. The van der Waals surface area contributed by atoms with Gasteiger partial charge in [0, 0.05) is 18.1 Å². The molecule has 0 radical (unpaired) electrons. The first-order chi connectivity index (χ1) is 12.8. The van der Waals surface area contributed by atoms with E-state index in [0.717, 1.165) is 42.6 Å². The highest BCUT2D eigenvalue weighted by Crippen LogP contribution is 2.46. The number of carbonyl (C=O) groups is 1. The van der Waals surface area contributed by atoms with Crippen LogP contribution in [0.4, 0.5) is 0 Å². The summed E-state index contributed by atoms with van der Waals surface area (Å²) < 4.78 is 6.12. The fraction of sp³-hybridized carbons (Fsp3) is 0.708. The third-order valence-electron chi connectivity index (χ3n) is 6.99. The second kappa shape index (κ2) is 9.69. The van der Waals surface area contributed by atoms with Gasteiger partial charge >= 0.3 is 0 Å². The standard InChI is InChI=1S/C24H36O2/c1-3-7-18-10-12-19(13-11-18)20-14-15-24(26-4-2)23(16-20)22-9-6-5-8-21(22)17-25/h5-6,8-9,17-20,23-24H,3-4,7,10-16H2,1-2H3. The Labute approximate surface area is 159 Å². The molecule has 0 aliphatic heterocycles. The number of aldehydes is 1. The molecule has 144 valence electrons. The first-order valence-corrected chi connectivity index (χ1v) is 10.9. The highest BCUT2D eigenvalue weighted by atomic mass is 16.5. The van der Waals surface area contributed by atoms with Crippen LogP contribution in [0.1, 0.15) is 93.5 Å². The molecule has 0 amide bonds. The Hall–Kier alpha value is -1.15. The van der Waals surface area contributed by atoms with Crippen molar-refractivity contribution in [1.29, 1.82) is 0 Å². The molecule has 3 unspecified atom stereocenters. The van der Waals surface area contributed by atoms with Gasteiger partial charge in [0.05, 0.1) is 6.10 Å². The molecule has 0 saturated heterocycles. The van der Waals surface area contributed by atoms with Gasteiger partial charge < -0.3 is 4.74 Å². The highest BCUT2D eigenvalue weighted by molar-refractivity contribution is 5.77. The zero-order valence-corrected chi connectivity index (χ0v) is 16.7. The van der Waals surface area contributed by atoms with Crippen molar-refractivity contribution in [3.05, 3.63) is 35.4 Å². The molecule has 2 aliphatic rings. The van der Waals surface area contributed by atoms with Crippen molar-refractivity contribution in [3.63, 3.8) is 0 Å². The van der Waals surface area contributed by atoms with E-state index in [2.05, 4.69) is 26.0 Å². The zero-order valence-electron chi connectivity index (χ0n) is 16.7. The van der Waals surface area contributed by atoms with Crippen LogP contribution in [0.25, 0.3) is 0 Å². The van der Waals surface area contributed by atoms with Crippen molar-refractivity contribution in [3.8, 4) is 0 Å². The molecule has 1 aromatic carbocycles. The molecule has 3 rings (SSSR count). The average Bonchev–Trinajstić information content (AvgIpc) is 2.69. The molecule has 1 aromatic rings. The molecule has 0 N–H and O–H groups in total. The number of hydrogen-bond donors (Lipinski definition) is 0. The third kappa shape index (κ3) is 4.57. The summed E-state index contributed by atoms with van der Waals surface area (Å²) >= 11 is 0. The topological polar surface area (TPSA) is 26.3 Å². The zero-order chi connectivity index (χ0) is 18.4. The number of hydrogen-bond acceptors (Lipinski definition) is 2. The minimum atomic E-state index is 0.272.